The zero-order chi connectivity index (χ0) is 13.1. The van der Waals surface area contributed by atoms with Gasteiger partial charge in [-0.1, -0.05) is 8.64 Å². The van der Waals surface area contributed by atoms with E-state index in [1.807, 2.05) is 37.5 Å². The molecule has 0 heterocycles. The van der Waals surface area contributed by atoms with E-state index in [1.54, 1.807) is 0 Å². The Balaban J connectivity index is -0.000000218. The molecule has 0 spiro atoms. The van der Waals surface area contributed by atoms with Crippen molar-refractivity contribution in [3.05, 3.63) is 0 Å². The van der Waals surface area contributed by atoms with Crippen molar-refractivity contribution in [3.63, 3.8) is 0 Å². The van der Waals surface area contributed by atoms with Crippen LogP contribution in [0.5, 0.6) is 0 Å². The molecule has 0 aromatic carbocycles. The molecule has 0 unspecified atom stereocenters. The SMILES string of the molecule is CCN(CC)C(=S)[S-].CCN(CC)C(=S)[S-].[Fe+3]. The third-order valence-corrected chi connectivity index (χ3v) is 3.08. The summed E-state index contributed by atoms with van der Waals surface area (Å²) in [6.07, 6.45) is 0. The molecule has 0 aliphatic rings. The molecule has 7 heteroatoms. The van der Waals surface area contributed by atoms with Crippen LogP contribution in [0.3, 0.4) is 0 Å². The van der Waals surface area contributed by atoms with Gasteiger partial charge in [-0.3, -0.25) is 0 Å². The van der Waals surface area contributed by atoms with Gasteiger partial charge in [0.1, 0.15) is 0 Å². The van der Waals surface area contributed by atoms with Gasteiger partial charge in [0.15, 0.2) is 0 Å². The summed E-state index contributed by atoms with van der Waals surface area (Å²) in [6, 6.07) is 0. The van der Waals surface area contributed by atoms with Crippen LogP contribution < -0.4 is 0 Å². The Morgan fingerprint density at radius 1 is 0.765 bits per heavy atom. The summed E-state index contributed by atoms with van der Waals surface area (Å²) in [7, 11) is 0. The first-order chi connectivity index (χ1) is 7.44. The molecule has 0 aromatic rings. The van der Waals surface area contributed by atoms with E-state index in [-0.39, 0.29) is 17.1 Å². The predicted octanol–water partition coefficient (Wildman–Crippen LogP) is 2.32. The van der Waals surface area contributed by atoms with Gasteiger partial charge >= 0.3 is 17.1 Å². The van der Waals surface area contributed by atoms with Crippen molar-refractivity contribution in [1.29, 1.82) is 0 Å². The Kier molecular flexibility index (Phi) is 19.9. The van der Waals surface area contributed by atoms with Crippen molar-refractivity contribution >= 4 is 58.3 Å². The number of hydrogen-bond acceptors (Lipinski definition) is 4. The molecule has 17 heavy (non-hydrogen) atoms. The Morgan fingerprint density at radius 3 is 0.941 bits per heavy atom. The molecule has 0 bridgehead atoms. The second kappa shape index (κ2) is 14.8. The summed E-state index contributed by atoms with van der Waals surface area (Å²) in [6.45, 7) is 11.9. The molecule has 0 amide bonds. The minimum absolute atomic E-state index is 0. The molecule has 0 atom stereocenters. The molecule has 1 radical (unpaired) electrons. The number of nitrogens with zero attached hydrogens (tertiary/aromatic N) is 2. The Labute approximate surface area is 138 Å². The Morgan fingerprint density at radius 2 is 0.941 bits per heavy atom. The average molecular weight is 352 g/mol. The van der Waals surface area contributed by atoms with Crippen LogP contribution in [-0.2, 0) is 42.3 Å². The molecule has 0 saturated carbocycles. The summed E-state index contributed by atoms with van der Waals surface area (Å²) < 4.78 is 1.16. The van der Waals surface area contributed by atoms with Crippen LogP contribution in [0.25, 0.3) is 0 Å². The molecule has 0 aromatic heterocycles. The summed E-state index contributed by atoms with van der Waals surface area (Å²) in [4.78, 5) is 3.93. The maximum absolute atomic E-state index is 4.76. The van der Waals surface area contributed by atoms with E-state index in [9.17, 15) is 0 Å². The quantitative estimate of drug-likeness (QED) is 0.432. The van der Waals surface area contributed by atoms with Crippen molar-refractivity contribution in [2.45, 2.75) is 27.7 Å². The van der Waals surface area contributed by atoms with E-state index >= 15 is 0 Å². The number of hydrogen-bond donors (Lipinski definition) is 0. The fourth-order valence-corrected chi connectivity index (χ4v) is 2.00. The molecule has 0 aliphatic carbocycles. The summed E-state index contributed by atoms with van der Waals surface area (Å²) in [5.74, 6) is 0. The fourth-order valence-electron chi connectivity index (χ4n) is 0.964. The number of rotatable bonds is 4. The van der Waals surface area contributed by atoms with E-state index in [2.05, 4.69) is 0 Å². The van der Waals surface area contributed by atoms with Crippen LogP contribution in [0.15, 0.2) is 0 Å². The zero-order valence-electron chi connectivity index (χ0n) is 10.7. The van der Waals surface area contributed by atoms with Crippen LogP contribution >= 0.6 is 24.4 Å². The predicted molar refractivity (Wildman–Crippen MR) is 85.8 cm³/mol. The van der Waals surface area contributed by atoms with E-state index in [0.29, 0.717) is 8.64 Å². The van der Waals surface area contributed by atoms with Gasteiger partial charge in [0, 0.05) is 26.2 Å². The van der Waals surface area contributed by atoms with Gasteiger partial charge in [-0.15, -0.1) is 0 Å². The van der Waals surface area contributed by atoms with Gasteiger partial charge in [-0.25, -0.2) is 0 Å². The van der Waals surface area contributed by atoms with Crippen LogP contribution in [-0.4, -0.2) is 44.6 Å². The first-order valence-electron chi connectivity index (χ1n) is 5.36. The fraction of sp³-hybridized carbons (Fsp3) is 0.800. The van der Waals surface area contributed by atoms with Gasteiger partial charge in [0.25, 0.3) is 0 Å². The molecule has 2 nitrogen and oxygen atoms in total. The first kappa shape index (κ1) is 22.9. The summed E-state index contributed by atoms with van der Waals surface area (Å²) >= 11 is 19.0. The van der Waals surface area contributed by atoms with Crippen LogP contribution in [0.1, 0.15) is 27.7 Å². The van der Waals surface area contributed by atoms with E-state index in [0.717, 1.165) is 26.2 Å². The van der Waals surface area contributed by atoms with E-state index < -0.39 is 0 Å². The minimum Gasteiger partial charge on any atom is -0.411 e. The van der Waals surface area contributed by atoms with Gasteiger partial charge in [-0.2, -0.15) is 0 Å². The monoisotopic (exact) mass is 352 g/mol. The molecule has 0 N–H and O–H groups in total. The zero-order valence-corrected chi connectivity index (χ0v) is 15.1. The third kappa shape index (κ3) is 13.0. The molecule has 0 aliphatic heterocycles. The van der Waals surface area contributed by atoms with Gasteiger partial charge in [0.05, 0.1) is 0 Å². The van der Waals surface area contributed by atoms with Crippen molar-refractivity contribution in [1.82, 2.24) is 9.80 Å². The molecule has 0 saturated heterocycles. The molecular weight excluding hydrogens is 332 g/mol. The second-order valence-electron chi connectivity index (χ2n) is 2.88. The molecule has 0 rings (SSSR count). The minimum atomic E-state index is 0. The molecular formula is C10H20FeN2S4+. The number of thiocarbonyl (C=S) groups is 2. The summed E-state index contributed by atoms with van der Waals surface area (Å²) in [5.41, 5.74) is 0. The molecule has 0 fully saturated rings. The second-order valence-corrected chi connectivity index (χ2v) is 4.94. The smallest absolute Gasteiger partial charge is 0.411 e. The van der Waals surface area contributed by atoms with Crippen molar-refractivity contribution < 1.29 is 17.1 Å². The van der Waals surface area contributed by atoms with Crippen LogP contribution in [0.2, 0.25) is 0 Å². The third-order valence-electron chi connectivity index (χ3n) is 2.04. The normalized spacial score (nSPS) is 8.24. The largest absolute Gasteiger partial charge is 3.00 e. The summed E-state index contributed by atoms with van der Waals surface area (Å²) in [5, 5.41) is 0. The Bertz CT molecular complexity index is 184. The van der Waals surface area contributed by atoms with Gasteiger partial charge < -0.3 is 59.5 Å². The maximum Gasteiger partial charge on any atom is 3.00 e. The van der Waals surface area contributed by atoms with Crippen LogP contribution in [0, 0.1) is 0 Å². The topological polar surface area (TPSA) is 6.48 Å². The van der Waals surface area contributed by atoms with E-state index in [4.69, 9.17) is 49.7 Å². The van der Waals surface area contributed by atoms with Crippen molar-refractivity contribution in [2.75, 3.05) is 26.2 Å². The standard InChI is InChI=1S/2C5H11NS2.Fe/c2*1-3-6(4-2)5(7)8;/h2*3-4H2,1-2H3,(H,7,8);/q;;+3/p-2. The van der Waals surface area contributed by atoms with Crippen molar-refractivity contribution in [2.24, 2.45) is 0 Å². The molecule has 101 valence electrons. The van der Waals surface area contributed by atoms with Gasteiger partial charge in [-0.05, 0) is 27.7 Å². The van der Waals surface area contributed by atoms with Crippen molar-refractivity contribution in [3.8, 4) is 0 Å². The average Bonchev–Trinajstić information content (AvgIpc) is 2.21. The Hall–Kier alpha value is 0.739. The van der Waals surface area contributed by atoms with E-state index in [1.165, 1.54) is 0 Å². The van der Waals surface area contributed by atoms with Gasteiger partial charge in [0.2, 0.25) is 0 Å². The van der Waals surface area contributed by atoms with Crippen LogP contribution in [0.4, 0.5) is 0 Å². The maximum atomic E-state index is 4.76. The first-order valence-corrected chi connectivity index (χ1v) is 6.99.